The highest BCUT2D eigenvalue weighted by Crippen LogP contribution is 2.52. The lowest BCUT2D eigenvalue weighted by molar-refractivity contribution is -0.891. The molecular formula is C24H34NO2+. The Hall–Kier alpha value is -1.50. The number of hydrogen-bond acceptors (Lipinski definition) is 2. The minimum Gasteiger partial charge on any atom is -0.487 e. The maximum atomic E-state index is 6.69. The molecule has 3 atom stereocenters. The number of para-hydroxylation sites is 1. The minimum absolute atomic E-state index is 0.0727. The first kappa shape index (κ1) is 18.8. The molecule has 0 unspecified atom stereocenters. The van der Waals surface area contributed by atoms with E-state index in [2.05, 4.69) is 50.8 Å². The molecule has 0 saturated carbocycles. The van der Waals surface area contributed by atoms with Crippen molar-refractivity contribution in [3.63, 3.8) is 0 Å². The molecular weight excluding hydrogens is 334 g/mol. The molecule has 0 bridgehead atoms. The molecule has 3 heterocycles. The molecule has 3 heteroatoms. The van der Waals surface area contributed by atoms with E-state index in [-0.39, 0.29) is 17.3 Å². The second-order valence-electron chi connectivity index (χ2n) is 9.30. The lowest BCUT2D eigenvalue weighted by Gasteiger charge is -2.50. The number of likely N-dealkylation sites (tertiary alicyclic amines) is 1. The van der Waals surface area contributed by atoms with Crippen LogP contribution in [0, 0.1) is 17.8 Å². The molecule has 1 N–H and O–H groups in total. The molecule has 2 saturated heterocycles. The summed E-state index contributed by atoms with van der Waals surface area (Å²) in [6, 6.07) is 8.35. The third-order valence-electron chi connectivity index (χ3n) is 6.68. The fourth-order valence-electron chi connectivity index (χ4n) is 5.02. The summed E-state index contributed by atoms with van der Waals surface area (Å²) in [5, 5.41) is 0. The van der Waals surface area contributed by atoms with Crippen LogP contribution < -0.4 is 9.64 Å². The van der Waals surface area contributed by atoms with Crippen LogP contribution in [-0.2, 0) is 4.74 Å². The largest absolute Gasteiger partial charge is 0.487 e. The van der Waals surface area contributed by atoms with E-state index in [1.54, 1.807) is 4.90 Å². The van der Waals surface area contributed by atoms with Crippen molar-refractivity contribution >= 4 is 0 Å². The fourth-order valence-corrected chi connectivity index (χ4v) is 5.02. The van der Waals surface area contributed by atoms with Crippen molar-refractivity contribution in [2.24, 2.45) is 5.92 Å². The van der Waals surface area contributed by atoms with E-state index in [0.717, 1.165) is 25.1 Å². The number of hydrogen-bond donors (Lipinski definition) is 1. The van der Waals surface area contributed by atoms with Crippen LogP contribution in [0.1, 0.15) is 71.0 Å². The zero-order chi connectivity index (χ0) is 18.9. The van der Waals surface area contributed by atoms with Crippen LogP contribution in [0.3, 0.4) is 0 Å². The Morgan fingerprint density at radius 2 is 1.81 bits per heavy atom. The topological polar surface area (TPSA) is 22.9 Å². The van der Waals surface area contributed by atoms with Crippen LogP contribution in [0.15, 0.2) is 24.3 Å². The smallest absolute Gasteiger partial charge is 0.139 e. The average molecular weight is 369 g/mol. The van der Waals surface area contributed by atoms with Crippen molar-refractivity contribution in [2.75, 3.05) is 19.6 Å². The van der Waals surface area contributed by atoms with E-state index in [1.165, 1.54) is 44.3 Å². The van der Waals surface area contributed by atoms with E-state index in [0.29, 0.717) is 5.92 Å². The summed E-state index contributed by atoms with van der Waals surface area (Å²) >= 11 is 0. The summed E-state index contributed by atoms with van der Waals surface area (Å²) in [5.41, 5.74) is 0.629. The molecule has 3 aliphatic rings. The highest BCUT2D eigenvalue weighted by molar-refractivity contribution is 5.39. The van der Waals surface area contributed by atoms with Gasteiger partial charge in [-0.05, 0) is 71.3 Å². The van der Waals surface area contributed by atoms with E-state index in [9.17, 15) is 0 Å². The normalized spacial score (nSPS) is 32.9. The SMILES string of the molecule is CC1(C)Oc2ccccc2[C@@H]2O[C@](C)(C#CC[NH+]3CCCCCC3)CC[C@H]21. The van der Waals surface area contributed by atoms with Crippen molar-refractivity contribution < 1.29 is 14.4 Å². The fraction of sp³-hybridized carbons (Fsp3) is 0.667. The number of benzene rings is 1. The molecule has 3 nitrogen and oxygen atoms in total. The molecule has 0 aromatic heterocycles. The quantitative estimate of drug-likeness (QED) is 0.766. The molecule has 0 aliphatic carbocycles. The predicted octanol–water partition coefficient (Wildman–Crippen LogP) is 3.55. The summed E-state index contributed by atoms with van der Waals surface area (Å²) in [5.74, 6) is 8.35. The zero-order valence-corrected chi connectivity index (χ0v) is 17.1. The Labute approximate surface area is 164 Å². The van der Waals surface area contributed by atoms with Gasteiger partial charge in [-0.1, -0.05) is 24.1 Å². The zero-order valence-electron chi connectivity index (χ0n) is 17.1. The number of fused-ring (bicyclic) bond motifs is 3. The van der Waals surface area contributed by atoms with E-state index >= 15 is 0 Å². The van der Waals surface area contributed by atoms with Gasteiger partial charge in [-0.15, -0.1) is 0 Å². The predicted molar refractivity (Wildman–Crippen MR) is 108 cm³/mol. The number of ether oxygens (including phenoxy) is 2. The molecule has 146 valence electrons. The van der Waals surface area contributed by atoms with E-state index < -0.39 is 0 Å². The third kappa shape index (κ3) is 4.03. The van der Waals surface area contributed by atoms with Crippen LogP contribution in [0.2, 0.25) is 0 Å². The van der Waals surface area contributed by atoms with Crippen molar-refractivity contribution in [3.8, 4) is 17.6 Å². The molecule has 1 aromatic carbocycles. The average Bonchev–Trinajstić information content (AvgIpc) is 2.90. The maximum Gasteiger partial charge on any atom is 0.139 e. The minimum atomic E-state index is -0.354. The van der Waals surface area contributed by atoms with Crippen LogP contribution in [0.25, 0.3) is 0 Å². The van der Waals surface area contributed by atoms with Gasteiger partial charge in [-0.25, -0.2) is 0 Å². The Kier molecular flexibility index (Phi) is 5.23. The first-order valence-corrected chi connectivity index (χ1v) is 10.8. The van der Waals surface area contributed by atoms with Gasteiger partial charge in [0.2, 0.25) is 0 Å². The van der Waals surface area contributed by atoms with Gasteiger partial charge in [0.25, 0.3) is 0 Å². The van der Waals surface area contributed by atoms with Gasteiger partial charge in [-0.3, -0.25) is 0 Å². The third-order valence-corrected chi connectivity index (χ3v) is 6.68. The van der Waals surface area contributed by atoms with Gasteiger partial charge < -0.3 is 14.4 Å². The maximum absolute atomic E-state index is 6.69. The summed E-state index contributed by atoms with van der Waals surface area (Å²) in [4.78, 5) is 1.65. The standard InChI is InChI=1S/C24H33NO2/c1-23(2)20-13-15-24(3,14-10-18-25-16-8-4-5-9-17-25)27-22(20)19-11-6-7-12-21(19)26-23/h6-7,11-12,20,22H,4-5,8-9,13,15-18H2,1-3H3/p+1/t20-,22+,24-/m1/s1. The Bertz CT molecular complexity index is 723. The van der Waals surface area contributed by atoms with Crippen molar-refractivity contribution in [2.45, 2.75) is 76.6 Å². The second kappa shape index (κ2) is 7.49. The monoisotopic (exact) mass is 368 g/mol. The highest BCUT2D eigenvalue weighted by Gasteiger charge is 2.49. The van der Waals surface area contributed by atoms with Gasteiger partial charge in [0.05, 0.1) is 19.2 Å². The van der Waals surface area contributed by atoms with Crippen LogP contribution >= 0.6 is 0 Å². The Morgan fingerprint density at radius 3 is 2.59 bits per heavy atom. The van der Waals surface area contributed by atoms with Crippen molar-refractivity contribution in [1.82, 2.24) is 0 Å². The number of rotatable bonds is 1. The van der Waals surface area contributed by atoms with Gasteiger partial charge in [0, 0.05) is 11.5 Å². The number of nitrogens with one attached hydrogen (secondary N) is 1. The molecule has 0 spiro atoms. The van der Waals surface area contributed by atoms with E-state index in [4.69, 9.17) is 9.47 Å². The Balaban J connectivity index is 1.50. The highest BCUT2D eigenvalue weighted by atomic mass is 16.5. The van der Waals surface area contributed by atoms with Gasteiger partial charge in [0.15, 0.2) is 0 Å². The van der Waals surface area contributed by atoms with Crippen molar-refractivity contribution in [3.05, 3.63) is 29.8 Å². The van der Waals surface area contributed by atoms with Gasteiger partial charge >= 0.3 is 0 Å². The molecule has 4 rings (SSSR count). The molecule has 0 radical (unpaired) electrons. The summed E-state index contributed by atoms with van der Waals surface area (Å²) < 4.78 is 13.0. The lowest BCUT2D eigenvalue weighted by Crippen LogP contribution is -3.11. The van der Waals surface area contributed by atoms with Crippen LogP contribution in [0.5, 0.6) is 5.75 Å². The first-order chi connectivity index (χ1) is 13.0. The molecule has 27 heavy (non-hydrogen) atoms. The van der Waals surface area contributed by atoms with Crippen LogP contribution in [-0.4, -0.2) is 30.8 Å². The molecule has 0 amide bonds. The summed E-state index contributed by atoms with van der Waals surface area (Å²) in [6.45, 7) is 10.1. The Morgan fingerprint density at radius 1 is 1.07 bits per heavy atom. The molecule has 1 aromatic rings. The van der Waals surface area contributed by atoms with Crippen LogP contribution in [0.4, 0.5) is 0 Å². The van der Waals surface area contributed by atoms with Gasteiger partial charge in [-0.2, -0.15) is 0 Å². The summed E-state index contributed by atoms with van der Waals surface area (Å²) in [6.07, 6.45) is 7.61. The first-order valence-electron chi connectivity index (χ1n) is 10.8. The van der Waals surface area contributed by atoms with Crippen molar-refractivity contribution in [1.29, 1.82) is 0 Å². The number of quaternary nitrogens is 1. The lowest BCUT2D eigenvalue weighted by atomic mass is 9.73. The second-order valence-corrected chi connectivity index (χ2v) is 9.30. The van der Waals surface area contributed by atoms with E-state index in [1.807, 2.05) is 6.07 Å². The molecule has 3 aliphatic heterocycles. The van der Waals surface area contributed by atoms with Gasteiger partial charge in [0.1, 0.15) is 23.5 Å². The molecule has 2 fully saturated rings. The summed E-state index contributed by atoms with van der Waals surface area (Å²) in [7, 11) is 0.